The van der Waals surface area contributed by atoms with Crippen molar-refractivity contribution in [1.82, 2.24) is 9.78 Å². The van der Waals surface area contributed by atoms with Gasteiger partial charge in [0.2, 0.25) is 0 Å². The second-order valence-corrected chi connectivity index (χ2v) is 6.87. The second-order valence-electron chi connectivity index (χ2n) is 5.95. The summed E-state index contributed by atoms with van der Waals surface area (Å²) in [5.74, 6) is -0.397. The molecule has 3 aromatic rings. The van der Waals surface area contributed by atoms with Gasteiger partial charge in [0.1, 0.15) is 0 Å². The summed E-state index contributed by atoms with van der Waals surface area (Å²) in [5.41, 5.74) is 0.725. The maximum Gasteiger partial charge on any atom is 0.416 e. The molecular weight excluding hydrogens is 439 g/mol. The number of hydrogen-bond acceptors (Lipinski definition) is 3. The zero-order valence-electron chi connectivity index (χ0n) is 14.8. The van der Waals surface area contributed by atoms with Crippen LogP contribution < -0.4 is 10.1 Å². The summed E-state index contributed by atoms with van der Waals surface area (Å²) in [4.78, 5) is 12.7. The van der Waals surface area contributed by atoms with Gasteiger partial charge >= 0.3 is 6.18 Å². The summed E-state index contributed by atoms with van der Waals surface area (Å²) in [7, 11) is 1.36. The highest BCUT2D eigenvalue weighted by Crippen LogP contribution is 2.31. The minimum Gasteiger partial charge on any atom is -0.493 e. The number of rotatable bonds is 4. The Balaban J connectivity index is 1.95. The molecule has 1 aromatic heterocycles. The maximum atomic E-state index is 13.0. The number of aryl methyl sites for hydroxylation is 1. The van der Waals surface area contributed by atoms with E-state index in [0.29, 0.717) is 5.69 Å². The van der Waals surface area contributed by atoms with Crippen LogP contribution in [0.1, 0.15) is 21.6 Å². The van der Waals surface area contributed by atoms with Gasteiger partial charge in [-0.05, 0) is 42.8 Å². The highest BCUT2D eigenvalue weighted by atomic mass is 79.9. The number of ether oxygens (including phenoxy) is 1. The van der Waals surface area contributed by atoms with Gasteiger partial charge in [-0.15, -0.1) is 0 Å². The van der Waals surface area contributed by atoms with Crippen LogP contribution in [0.25, 0.3) is 5.69 Å². The van der Waals surface area contributed by atoms with Crippen LogP contribution in [0.4, 0.5) is 18.9 Å². The SMILES string of the molecule is COc1cn(-c2cccc(C(F)(F)F)c2)nc1C(=O)Nc1cc(Br)ccc1C. The molecule has 0 aliphatic heterocycles. The molecule has 0 saturated heterocycles. The smallest absolute Gasteiger partial charge is 0.416 e. The molecule has 0 atom stereocenters. The van der Waals surface area contributed by atoms with Crippen LogP contribution in [0.2, 0.25) is 0 Å². The van der Waals surface area contributed by atoms with Gasteiger partial charge in [0.05, 0.1) is 24.6 Å². The van der Waals surface area contributed by atoms with Crippen LogP contribution in [0.15, 0.2) is 53.1 Å². The molecule has 0 aliphatic carbocycles. The molecule has 0 unspecified atom stereocenters. The largest absolute Gasteiger partial charge is 0.493 e. The number of halogens is 4. The van der Waals surface area contributed by atoms with E-state index in [2.05, 4.69) is 26.3 Å². The normalized spacial score (nSPS) is 11.4. The van der Waals surface area contributed by atoms with Gasteiger partial charge in [0.25, 0.3) is 5.91 Å². The summed E-state index contributed by atoms with van der Waals surface area (Å²) in [6, 6.07) is 10.1. The van der Waals surface area contributed by atoms with E-state index in [0.717, 1.165) is 22.2 Å². The third kappa shape index (κ3) is 4.19. The van der Waals surface area contributed by atoms with E-state index in [1.54, 1.807) is 6.07 Å². The fourth-order valence-electron chi connectivity index (χ4n) is 2.53. The molecule has 0 spiro atoms. The molecule has 146 valence electrons. The molecule has 0 saturated carbocycles. The number of nitrogens with zero attached hydrogens (tertiary/aromatic N) is 2. The summed E-state index contributed by atoms with van der Waals surface area (Å²) in [6.07, 6.45) is -3.12. The van der Waals surface area contributed by atoms with E-state index in [9.17, 15) is 18.0 Å². The van der Waals surface area contributed by atoms with Crippen molar-refractivity contribution < 1.29 is 22.7 Å². The van der Waals surface area contributed by atoms with Crippen LogP contribution >= 0.6 is 15.9 Å². The predicted molar refractivity (Wildman–Crippen MR) is 102 cm³/mol. The molecule has 3 rings (SSSR count). The zero-order valence-corrected chi connectivity index (χ0v) is 16.4. The molecule has 0 aliphatic rings. The number of aromatic nitrogens is 2. The van der Waals surface area contributed by atoms with Crippen LogP contribution in [-0.4, -0.2) is 22.8 Å². The number of carbonyl (C=O) groups is 1. The maximum absolute atomic E-state index is 13.0. The summed E-state index contributed by atoms with van der Waals surface area (Å²) >= 11 is 3.34. The van der Waals surface area contributed by atoms with E-state index >= 15 is 0 Å². The lowest BCUT2D eigenvalue weighted by Gasteiger charge is -2.09. The number of nitrogens with one attached hydrogen (secondary N) is 1. The lowest BCUT2D eigenvalue weighted by atomic mass is 10.2. The van der Waals surface area contributed by atoms with Crippen molar-refractivity contribution in [2.75, 3.05) is 12.4 Å². The van der Waals surface area contributed by atoms with Crippen molar-refractivity contribution in [1.29, 1.82) is 0 Å². The van der Waals surface area contributed by atoms with Crippen molar-refractivity contribution in [3.63, 3.8) is 0 Å². The second kappa shape index (κ2) is 7.67. The van der Waals surface area contributed by atoms with Gasteiger partial charge in [0.15, 0.2) is 11.4 Å². The molecule has 0 radical (unpaired) electrons. The lowest BCUT2D eigenvalue weighted by Crippen LogP contribution is -2.15. The van der Waals surface area contributed by atoms with Crippen LogP contribution in [0.3, 0.4) is 0 Å². The molecule has 9 heteroatoms. The number of amides is 1. The van der Waals surface area contributed by atoms with Gasteiger partial charge in [-0.3, -0.25) is 4.79 Å². The number of alkyl halides is 3. The third-order valence-electron chi connectivity index (χ3n) is 4.00. The minimum atomic E-state index is -4.48. The Morgan fingerprint density at radius 1 is 1.21 bits per heavy atom. The highest BCUT2D eigenvalue weighted by Gasteiger charge is 2.30. The predicted octanol–water partition coefficient (Wildman–Crippen LogP) is 5.22. The average molecular weight is 454 g/mol. The monoisotopic (exact) mass is 453 g/mol. The Bertz CT molecular complexity index is 1030. The molecule has 0 fully saturated rings. The van der Waals surface area contributed by atoms with E-state index in [1.165, 1.54) is 30.1 Å². The van der Waals surface area contributed by atoms with E-state index in [-0.39, 0.29) is 17.1 Å². The molecule has 0 bridgehead atoms. The Morgan fingerprint density at radius 3 is 2.64 bits per heavy atom. The number of hydrogen-bond donors (Lipinski definition) is 1. The van der Waals surface area contributed by atoms with Gasteiger partial charge in [-0.2, -0.15) is 18.3 Å². The van der Waals surface area contributed by atoms with Crippen molar-refractivity contribution >= 4 is 27.5 Å². The van der Waals surface area contributed by atoms with Gasteiger partial charge < -0.3 is 10.1 Å². The summed E-state index contributed by atoms with van der Waals surface area (Å²) in [6.45, 7) is 1.83. The topological polar surface area (TPSA) is 56.2 Å². The first-order chi connectivity index (χ1) is 13.2. The van der Waals surface area contributed by atoms with Crippen LogP contribution in [0, 0.1) is 6.92 Å². The quantitative estimate of drug-likeness (QED) is 0.588. The molecule has 1 N–H and O–H groups in total. The number of carbonyl (C=O) groups excluding carboxylic acids is 1. The third-order valence-corrected chi connectivity index (χ3v) is 4.49. The minimum absolute atomic E-state index is 0.0423. The van der Waals surface area contributed by atoms with E-state index < -0.39 is 17.6 Å². The van der Waals surface area contributed by atoms with Crippen molar-refractivity contribution in [3.8, 4) is 11.4 Å². The Labute approximate surface area is 167 Å². The first-order valence-corrected chi connectivity index (χ1v) is 8.87. The first kappa shape index (κ1) is 19.9. The molecule has 1 heterocycles. The van der Waals surface area contributed by atoms with Crippen LogP contribution in [0.5, 0.6) is 5.75 Å². The van der Waals surface area contributed by atoms with Crippen molar-refractivity contribution in [2.24, 2.45) is 0 Å². The first-order valence-electron chi connectivity index (χ1n) is 8.08. The Kier molecular flexibility index (Phi) is 5.46. The molecule has 5 nitrogen and oxygen atoms in total. The molecular formula is C19H15BrF3N3O2. The number of anilines is 1. The lowest BCUT2D eigenvalue weighted by molar-refractivity contribution is -0.137. The Hall–Kier alpha value is -2.81. The number of methoxy groups -OCH3 is 1. The Morgan fingerprint density at radius 2 is 1.96 bits per heavy atom. The van der Waals surface area contributed by atoms with E-state index in [1.807, 2.05) is 19.1 Å². The fourth-order valence-corrected chi connectivity index (χ4v) is 2.89. The van der Waals surface area contributed by atoms with E-state index in [4.69, 9.17) is 4.74 Å². The molecule has 2 aromatic carbocycles. The zero-order chi connectivity index (χ0) is 20.5. The molecule has 28 heavy (non-hydrogen) atoms. The highest BCUT2D eigenvalue weighted by molar-refractivity contribution is 9.10. The summed E-state index contributed by atoms with van der Waals surface area (Å²) < 4.78 is 46.0. The van der Waals surface area contributed by atoms with Gasteiger partial charge in [-0.25, -0.2) is 4.68 Å². The van der Waals surface area contributed by atoms with Gasteiger partial charge in [0, 0.05) is 10.2 Å². The van der Waals surface area contributed by atoms with Crippen LogP contribution in [-0.2, 0) is 6.18 Å². The molecule has 1 amide bonds. The van der Waals surface area contributed by atoms with Crippen molar-refractivity contribution in [3.05, 3.63) is 70.0 Å². The summed E-state index contributed by atoms with van der Waals surface area (Å²) in [5, 5.41) is 6.86. The fraction of sp³-hybridized carbons (Fsp3) is 0.158. The van der Waals surface area contributed by atoms with Gasteiger partial charge in [-0.1, -0.05) is 28.1 Å². The van der Waals surface area contributed by atoms with Crippen molar-refractivity contribution in [2.45, 2.75) is 13.1 Å². The number of benzene rings is 2. The average Bonchev–Trinajstić information content (AvgIpc) is 3.09. The standard InChI is InChI=1S/C19H15BrF3N3O2/c1-11-6-7-13(20)9-15(11)24-18(27)17-16(28-2)10-26(25-17)14-5-3-4-12(8-14)19(21,22)23/h3-10H,1-2H3,(H,24,27).